The monoisotopic (exact) mass is 128 g/mol. The quantitative estimate of drug-likeness (QED) is 0.198. The van der Waals surface area contributed by atoms with Crippen molar-refractivity contribution >= 4 is 0 Å². The van der Waals surface area contributed by atoms with Crippen LogP contribution in [0.5, 0.6) is 0 Å². The Morgan fingerprint density at radius 3 is 2.44 bits per heavy atom. The second kappa shape index (κ2) is 5.38. The summed E-state index contributed by atoms with van der Waals surface area (Å²) < 4.78 is 0. The topological polar surface area (TPSA) is 39.3 Å². The van der Waals surface area contributed by atoms with Crippen LogP contribution in [0.1, 0.15) is 6.92 Å². The number of hydrazine groups is 3. The summed E-state index contributed by atoms with van der Waals surface area (Å²) in [6.07, 6.45) is 0. The molecule has 0 unspecified atom stereocenters. The molecular weight excluding hydrogens is 116 g/mol. The van der Waals surface area contributed by atoms with Gasteiger partial charge in [-0.25, -0.2) is 5.01 Å². The largest absolute Gasteiger partial charge is 0.266 e. The standard InChI is InChI=1S/C5H12N4/c1-4-5-6-7-8-9(2)3/h6-8H,1-3H3. The van der Waals surface area contributed by atoms with Crippen LogP contribution in [0.3, 0.4) is 0 Å². The minimum Gasteiger partial charge on any atom is -0.266 e. The first-order valence-corrected chi connectivity index (χ1v) is 2.62. The van der Waals surface area contributed by atoms with Crippen molar-refractivity contribution in [3.63, 3.8) is 0 Å². The molecule has 4 nitrogen and oxygen atoms in total. The van der Waals surface area contributed by atoms with E-state index in [0.717, 1.165) is 0 Å². The molecule has 0 spiro atoms. The lowest BCUT2D eigenvalue weighted by Gasteiger charge is -2.10. The Kier molecular flexibility index (Phi) is 4.92. The third-order valence-electron chi connectivity index (χ3n) is 0.530. The molecule has 0 aliphatic carbocycles. The SMILES string of the molecule is CC#CNNNN(C)C. The highest BCUT2D eigenvalue weighted by Crippen LogP contribution is 1.51. The average Bonchev–Trinajstić information content (AvgIpc) is 1.80. The zero-order chi connectivity index (χ0) is 7.11. The Hall–Kier alpha value is -0.760. The summed E-state index contributed by atoms with van der Waals surface area (Å²) in [6.45, 7) is 1.75. The van der Waals surface area contributed by atoms with Gasteiger partial charge in [0.2, 0.25) is 0 Å². The molecule has 0 aliphatic rings. The van der Waals surface area contributed by atoms with E-state index in [2.05, 4.69) is 28.5 Å². The fourth-order valence-corrected chi connectivity index (χ4v) is 0.234. The maximum Gasteiger partial charge on any atom is 0.0210 e. The minimum absolute atomic E-state index is 1.75. The van der Waals surface area contributed by atoms with Crippen molar-refractivity contribution in [3.8, 4) is 12.0 Å². The minimum atomic E-state index is 1.75. The molecule has 3 N–H and O–H groups in total. The van der Waals surface area contributed by atoms with Crippen LogP contribution in [0.2, 0.25) is 0 Å². The van der Waals surface area contributed by atoms with E-state index in [1.54, 1.807) is 11.9 Å². The number of rotatable bonds is 3. The van der Waals surface area contributed by atoms with Gasteiger partial charge in [-0.1, -0.05) is 5.92 Å². The van der Waals surface area contributed by atoms with Gasteiger partial charge in [-0.15, -0.1) is 0 Å². The zero-order valence-electron chi connectivity index (χ0n) is 5.95. The van der Waals surface area contributed by atoms with E-state index >= 15 is 0 Å². The lowest BCUT2D eigenvalue weighted by Crippen LogP contribution is -2.47. The van der Waals surface area contributed by atoms with Crippen molar-refractivity contribution in [2.24, 2.45) is 0 Å². The van der Waals surface area contributed by atoms with Crippen LogP contribution < -0.4 is 16.5 Å². The van der Waals surface area contributed by atoms with Gasteiger partial charge >= 0.3 is 0 Å². The third kappa shape index (κ3) is 7.24. The van der Waals surface area contributed by atoms with Gasteiger partial charge in [0.1, 0.15) is 0 Å². The molecule has 0 atom stereocenters. The summed E-state index contributed by atoms with van der Waals surface area (Å²) in [5.74, 6) is 2.66. The normalized spacial score (nSPS) is 8.44. The molecule has 0 aromatic rings. The van der Waals surface area contributed by atoms with E-state index in [1.165, 1.54) is 0 Å². The lowest BCUT2D eigenvalue weighted by atomic mass is 10.8. The fraction of sp³-hybridized carbons (Fsp3) is 0.600. The van der Waals surface area contributed by atoms with E-state index in [0.29, 0.717) is 0 Å². The van der Waals surface area contributed by atoms with E-state index in [4.69, 9.17) is 0 Å². The predicted octanol–water partition coefficient (Wildman–Crippen LogP) is -0.957. The molecule has 0 fully saturated rings. The van der Waals surface area contributed by atoms with Crippen molar-refractivity contribution in [1.29, 1.82) is 0 Å². The van der Waals surface area contributed by atoms with Crippen LogP contribution in [0.25, 0.3) is 0 Å². The second-order valence-electron chi connectivity index (χ2n) is 1.63. The van der Waals surface area contributed by atoms with Crippen LogP contribution >= 0.6 is 0 Å². The Morgan fingerprint density at radius 2 is 2.00 bits per heavy atom. The molecule has 0 amide bonds. The molecule has 0 aromatic heterocycles. The number of hydrogen-bond acceptors (Lipinski definition) is 4. The summed E-state index contributed by atoms with van der Waals surface area (Å²) in [7, 11) is 3.74. The third-order valence-corrected chi connectivity index (χ3v) is 0.530. The van der Waals surface area contributed by atoms with E-state index < -0.39 is 0 Å². The molecule has 0 heterocycles. The molecule has 9 heavy (non-hydrogen) atoms. The van der Waals surface area contributed by atoms with Gasteiger partial charge in [0.25, 0.3) is 0 Å². The van der Waals surface area contributed by atoms with Crippen molar-refractivity contribution in [3.05, 3.63) is 0 Å². The van der Waals surface area contributed by atoms with Gasteiger partial charge in [-0.05, 0) is 6.92 Å². The predicted molar refractivity (Wildman–Crippen MR) is 36.5 cm³/mol. The van der Waals surface area contributed by atoms with Crippen LogP contribution in [0.4, 0.5) is 0 Å². The first-order chi connectivity index (χ1) is 4.27. The van der Waals surface area contributed by atoms with Crippen molar-refractivity contribution in [1.82, 2.24) is 21.5 Å². The maximum atomic E-state index is 2.75. The fourth-order valence-electron chi connectivity index (χ4n) is 0.234. The van der Waals surface area contributed by atoms with Gasteiger partial charge in [0, 0.05) is 20.1 Å². The first-order valence-electron chi connectivity index (χ1n) is 2.62. The molecule has 0 radical (unpaired) electrons. The van der Waals surface area contributed by atoms with E-state index in [9.17, 15) is 0 Å². The molecule has 0 saturated heterocycles. The van der Waals surface area contributed by atoms with Crippen LogP contribution in [0, 0.1) is 12.0 Å². The van der Waals surface area contributed by atoms with E-state index in [1.807, 2.05) is 14.1 Å². The summed E-state index contributed by atoms with van der Waals surface area (Å²) in [6, 6.07) is 2.60. The first kappa shape index (κ1) is 8.24. The van der Waals surface area contributed by atoms with Gasteiger partial charge in [-0.3, -0.25) is 5.43 Å². The van der Waals surface area contributed by atoms with Crippen molar-refractivity contribution < 1.29 is 0 Å². The molecule has 0 bridgehead atoms. The number of hydrogen-bond donors (Lipinski definition) is 3. The van der Waals surface area contributed by atoms with Crippen LogP contribution in [0.15, 0.2) is 0 Å². The van der Waals surface area contributed by atoms with Crippen molar-refractivity contribution in [2.45, 2.75) is 6.92 Å². The molecular formula is C5H12N4. The smallest absolute Gasteiger partial charge is 0.0210 e. The van der Waals surface area contributed by atoms with Gasteiger partial charge in [0.15, 0.2) is 0 Å². The van der Waals surface area contributed by atoms with Crippen LogP contribution in [-0.4, -0.2) is 19.1 Å². The Morgan fingerprint density at radius 1 is 1.33 bits per heavy atom. The molecule has 4 heteroatoms. The molecule has 0 rings (SSSR count). The second-order valence-corrected chi connectivity index (χ2v) is 1.63. The molecule has 0 aliphatic heterocycles. The van der Waals surface area contributed by atoms with Crippen LogP contribution in [-0.2, 0) is 0 Å². The molecule has 0 saturated carbocycles. The maximum absolute atomic E-state index is 2.75. The number of nitrogens with zero attached hydrogens (tertiary/aromatic N) is 1. The molecule has 52 valence electrons. The summed E-state index contributed by atoms with van der Waals surface area (Å²) in [5, 5.41) is 1.75. The average molecular weight is 128 g/mol. The summed E-state index contributed by atoms with van der Waals surface area (Å²) >= 11 is 0. The van der Waals surface area contributed by atoms with Gasteiger partial charge < -0.3 is 0 Å². The summed E-state index contributed by atoms with van der Waals surface area (Å²) in [4.78, 5) is 0. The van der Waals surface area contributed by atoms with Gasteiger partial charge in [0.05, 0.1) is 0 Å². The Labute approximate surface area is 55.5 Å². The highest BCUT2D eigenvalue weighted by molar-refractivity contribution is 4.90. The molecule has 0 aromatic carbocycles. The summed E-state index contributed by atoms with van der Waals surface area (Å²) in [5.41, 5.74) is 7.99. The van der Waals surface area contributed by atoms with Crippen molar-refractivity contribution in [2.75, 3.05) is 14.1 Å². The van der Waals surface area contributed by atoms with Gasteiger partial charge in [-0.2, -0.15) is 11.1 Å². The highest BCUT2D eigenvalue weighted by Gasteiger charge is 1.78. The Balaban J connectivity index is 2.98. The van der Waals surface area contributed by atoms with E-state index in [-0.39, 0.29) is 0 Å². The number of nitrogens with one attached hydrogen (secondary N) is 3. The Bertz CT molecular complexity index is 110. The highest BCUT2D eigenvalue weighted by atomic mass is 15.8. The zero-order valence-corrected chi connectivity index (χ0v) is 5.95. The lowest BCUT2D eigenvalue weighted by molar-refractivity contribution is 0.223.